The van der Waals surface area contributed by atoms with E-state index in [0.717, 1.165) is 22.1 Å². The van der Waals surface area contributed by atoms with E-state index >= 15 is 0 Å². The summed E-state index contributed by atoms with van der Waals surface area (Å²) in [7, 11) is -3.04. The van der Waals surface area contributed by atoms with Gasteiger partial charge in [0.05, 0.1) is 22.8 Å². The lowest BCUT2D eigenvalue weighted by molar-refractivity contribution is -0.122. The Hall–Kier alpha value is -2.30. The summed E-state index contributed by atoms with van der Waals surface area (Å²) in [6.07, 6.45) is -0.753. The quantitative estimate of drug-likeness (QED) is 0.114. The first-order chi connectivity index (χ1) is 20.3. The van der Waals surface area contributed by atoms with Crippen molar-refractivity contribution in [1.82, 2.24) is 20.6 Å². The third-order valence-electron chi connectivity index (χ3n) is 5.74. The Morgan fingerprint density at radius 2 is 1.82 bits per heavy atom. The summed E-state index contributed by atoms with van der Waals surface area (Å²) in [6.45, 7) is 13.3. The summed E-state index contributed by atoms with van der Waals surface area (Å²) in [6, 6.07) is 4.14. The fraction of sp³-hybridized carbons (Fsp3) is 0.556. The van der Waals surface area contributed by atoms with E-state index in [9.17, 15) is 18.0 Å². The van der Waals surface area contributed by atoms with Gasteiger partial charge < -0.3 is 24.8 Å². The van der Waals surface area contributed by atoms with Crippen LogP contribution in [0.25, 0.3) is 0 Å². The van der Waals surface area contributed by atoms with Crippen LogP contribution in [0.3, 0.4) is 0 Å². The summed E-state index contributed by atoms with van der Waals surface area (Å²) < 4.78 is 45.5. The monoisotopic (exact) mass is 709 g/mol. The lowest BCUT2D eigenvalue weighted by Gasteiger charge is -2.26. The second kappa shape index (κ2) is 15.8. The fourth-order valence-electron chi connectivity index (χ4n) is 3.46. The third kappa shape index (κ3) is 10.9. The Bertz CT molecular complexity index is 1440. The van der Waals surface area contributed by atoms with Crippen LogP contribution < -0.4 is 19.7 Å². The molecule has 0 saturated heterocycles. The third-order valence-corrected chi connectivity index (χ3v) is 11.3. The number of likely N-dealkylation sites (N-methyl/N-ethyl adjacent to an activating group) is 1. The van der Waals surface area contributed by atoms with E-state index in [2.05, 4.69) is 40.2 Å². The molecule has 0 aliphatic carbocycles. The summed E-state index contributed by atoms with van der Waals surface area (Å²) >= 11 is 13.6. The van der Waals surface area contributed by atoms with Crippen molar-refractivity contribution in [2.45, 2.75) is 74.9 Å². The predicted octanol–water partition coefficient (Wildman–Crippen LogP) is 5.34. The number of methoxy groups -OCH3 is 1. The molecule has 0 aliphatic heterocycles. The molecule has 2 N–H and O–H groups in total. The van der Waals surface area contributed by atoms with Crippen molar-refractivity contribution < 1.29 is 32.2 Å². The number of nitrogens with one attached hydrogen (secondary N) is 2. The van der Waals surface area contributed by atoms with Crippen molar-refractivity contribution in [3.8, 4) is 5.88 Å². The van der Waals surface area contributed by atoms with Crippen molar-refractivity contribution in [1.29, 1.82) is 0 Å². The lowest BCUT2D eigenvalue weighted by Crippen LogP contribution is -2.48. The number of aromatic nitrogens is 2. The lowest BCUT2D eigenvalue weighted by atomic mass is 10.2. The molecule has 2 amide bonds. The summed E-state index contributed by atoms with van der Waals surface area (Å²) in [4.78, 5) is 33.7. The number of carbonyl (C=O) groups excluding carboxylic acids is 2. The first kappa shape index (κ1) is 37.9. The molecule has 246 valence electrons. The zero-order valence-electron chi connectivity index (χ0n) is 26.4. The van der Waals surface area contributed by atoms with Gasteiger partial charge in [0.1, 0.15) is 28.3 Å². The number of hydrogen-bond acceptors (Lipinski definition) is 10. The number of benzene rings is 1. The number of halogens is 2. The number of sulfonamides is 1. The molecule has 0 spiro atoms. The summed E-state index contributed by atoms with van der Waals surface area (Å²) in [5.41, 5.74) is -0.409. The first-order valence-electron chi connectivity index (χ1n) is 13.6. The average molecular weight is 711 g/mol. The highest BCUT2D eigenvalue weighted by molar-refractivity contribution is 7.99. The maximum absolute atomic E-state index is 14.0. The van der Waals surface area contributed by atoms with Crippen molar-refractivity contribution >= 4 is 70.9 Å². The van der Waals surface area contributed by atoms with Gasteiger partial charge in [0, 0.05) is 27.5 Å². The van der Waals surface area contributed by atoms with Crippen LogP contribution in [0.15, 0.2) is 28.1 Å². The van der Waals surface area contributed by atoms with E-state index in [1.807, 2.05) is 0 Å². The van der Waals surface area contributed by atoms with Crippen LogP contribution in [0.1, 0.15) is 26.5 Å². The minimum atomic E-state index is -4.35. The van der Waals surface area contributed by atoms with Crippen molar-refractivity contribution in [2.75, 3.05) is 37.6 Å². The van der Waals surface area contributed by atoms with Gasteiger partial charge in [0.15, 0.2) is 0 Å². The molecule has 0 radical (unpaired) electrons. The Morgan fingerprint density at radius 1 is 1.16 bits per heavy atom. The molecule has 2 rings (SSSR count). The molecular weight excluding hydrogens is 669 g/mol. The Kier molecular flexibility index (Phi) is 13.6. The van der Waals surface area contributed by atoms with Crippen molar-refractivity contribution in [2.24, 2.45) is 0 Å². The maximum Gasteiger partial charge on any atom is 0.408 e. The van der Waals surface area contributed by atoms with Crippen LogP contribution in [0.4, 0.5) is 10.6 Å². The van der Waals surface area contributed by atoms with Gasteiger partial charge in [-0.25, -0.2) is 27.5 Å². The van der Waals surface area contributed by atoms with Crippen LogP contribution in [0.2, 0.25) is 35.7 Å². The van der Waals surface area contributed by atoms with E-state index in [-0.39, 0.29) is 39.1 Å². The van der Waals surface area contributed by atoms with Crippen LogP contribution >= 0.6 is 35.0 Å². The normalized spacial score (nSPS) is 12.8. The minimum Gasteiger partial charge on any atom is -0.478 e. The molecule has 1 atom stereocenters. The fourth-order valence-corrected chi connectivity index (χ4v) is 7.21. The van der Waals surface area contributed by atoms with E-state index in [1.165, 1.54) is 32.4 Å². The highest BCUT2D eigenvalue weighted by Crippen LogP contribution is 2.36. The van der Waals surface area contributed by atoms with Crippen LogP contribution in [0, 0.1) is 6.92 Å². The number of aryl methyl sites for hydroxylation is 1. The smallest absolute Gasteiger partial charge is 0.408 e. The standard InChI is InChI=1S/C27H41Cl2N5O7S2Si/c1-17-25(42-15-19(23(35)30-5)32-26(36)41-27(2,3)4)33-24(39-6)22(31-17)34(16-40-13-14-44(7,8)9)43(37,38)20-12-10-11-18(28)21(20)29/h10-12,19H,13-16H2,1-9H3,(H,30,35)(H,32,36)/t19-/m0/s1. The molecule has 0 saturated carbocycles. The molecule has 0 bridgehead atoms. The molecule has 2 aromatic rings. The Balaban J connectivity index is 2.47. The molecule has 1 aromatic carbocycles. The number of amides is 2. The van der Waals surface area contributed by atoms with Gasteiger partial charge in [0.25, 0.3) is 15.9 Å². The SMILES string of the molecule is CNC(=O)[C@H](CSc1nc(OC)c(N(COCC[Si](C)(C)C)S(=O)(=O)c2cccc(Cl)c2Cl)nc1C)NC(=O)OC(C)(C)C. The topological polar surface area (TPSA) is 149 Å². The molecular formula is C27H41Cl2N5O7S2Si. The number of alkyl carbamates (subject to hydrolysis) is 1. The Morgan fingerprint density at radius 3 is 2.39 bits per heavy atom. The molecule has 0 aliphatic rings. The Labute approximate surface area is 275 Å². The number of carbonyl (C=O) groups is 2. The van der Waals surface area contributed by atoms with Crippen molar-refractivity contribution in [3.05, 3.63) is 33.9 Å². The number of thioether (sulfide) groups is 1. The van der Waals surface area contributed by atoms with E-state index in [0.29, 0.717) is 17.3 Å². The zero-order valence-corrected chi connectivity index (χ0v) is 30.6. The molecule has 0 unspecified atom stereocenters. The minimum absolute atomic E-state index is 0.0663. The second-order valence-electron chi connectivity index (χ2n) is 11.8. The number of nitrogens with zero attached hydrogens (tertiary/aromatic N) is 3. The number of ether oxygens (including phenoxy) is 3. The van der Waals surface area contributed by atoms with Gasteiger partial charge in [-0.2, -0.15) is 0 Å². The predicted molar refractivity (Wildman–Crippen MR) is 176 cm³/mol. The van der Waals surface area contributed by atoms with Crippen LogP contribution in [0.5, 0.6) is 5.88 Å². The molecule has 12 nitrogen and oxygen atoms in total. The van der Waals surface area contributed by atoms with Crippen LogP contribution in [-0.4, -0.2) is 83.4 Å². The largest absolute Gasteiger partial charge is 0.478 e. The summed E-state index contributed by atoms with van der Waals surface area (Å²) in [5.74, 6) is -0.598. The van der Waals surface area contributed by atoms with Gasteiger partial charge in [0.2, 0.25) is 11.7 Å². The van der Waals surface area contributed by atoms with Gasteiger partial charge in [-0.15, -0.1) is 11.8 Å². The average Bonchev–Trinajstić information content (AvgIpc) is 2.90. The van der Waals surface area contributed by atoms with Crippen molar-refractivity contribution in [3.63, 3.8) is 0 Å². The van der Waals surface area contributed by atoms with Gasteiger partial charge in [-0.05, 0) is 45.9 Å². The summed E-state index contributed by atoms with van der Waals surface area (Å²) in [5, 5.41) is 5.35. The van der Waals surface area contributed by atoms with Crippen LogP contribution in [-0.2, 0) is 24.3 Å². The number of anilines is 1. The van der Waals surface area contributed by atoms with E-state index in [4.69, 9.17) is 37.4 Å². The highest BCUT2D eigenvalue weighted by Gasteiger charge is 2.33. The number of rotatable bonds is 14. The second-order valence-corrected chi connectivity index (χ2v) is 21.1. The molecule has 0 fully saturated rings. The molecule has 17 heteroatoms. The molecule has 44 heavy (non-hydrogen) atoms. The molecule has 1 heterocycles. The first-order valence-corrected chi connectivity index (χ1v) is 20.5. The molecule has 1 aromatic heterocycles. The van der Waals surface area contributed by atoms with Gasteiger partial charge in [-0.3, -0.25) is 4.79 Å². The zero-order chi connectivity index (χ0) is 33.5. The highest BCUT2D eigenvalue weighted by atomic mass is 35.5. The van der Waals surface area contributed by atoms with Gasteiger partial charge >= 0.3 is 6.09 Å². The van der Waals surface area contributed by atoms with Gasteiger partial charge in [-0.1, -0.05) is 48.9 Å². The number of hydrogen-bond donors (Lipinski definition) is 2. The maximum atomic E-state index is 14.0. The van der Waals surface area contributed by atoms with E-state index < -0.39 is 41.7 Å². The van der Waals surface area contributed by atoms with E-state index in [1.54, 1.807) is 27.7 Å².